The van der Waals surface area contributed by atoms with Crippen molar-refractivity contribution >= 4 is 88.0 Å². The van der Waals surface area contributed by atoms with Gasteiger partial charge in [-0.1, -0.05) is 246 Å². The first-order chi connectivity index (χ1) is 40.3. The highest BCUT2D eigenvalue weighted by atomic mass is 15.2. The van der Waals surface area contributed by atoms with Gasteiger partial charge in [0.15, 0.2) is 0 Å². The van der Waals surface area contributed by atoms with E-state index in [1.165, 1.54) is 132 Å². The molecule has 0 radical (unpaired) electrons. The minimum atomic E-state index is -0.328. The Morgan fingerprint density at radius 3 is 0.732 bits per heavy atom. The minimum Gasteiger partial charge on any atom is -0.309 e. The fourth-order valence-corrected chi connectivity index (χ4v) is 14.8. The van der Waals surface area contributed by atoms with Crippen LogP contribution in [0.4, 0.5) is 34.1 Å². The van der Waals surface area contributed by atoms with Crippen molar-refractivity contribution in [3.8, 4) is 44.5 Å². The molecule has 0 heterocycles. The molecule has 0 saturated heterocycles. The number of hydrogen-bond acceptors (Lipinski definition) is 2. The summed E-state index contributed by atoms with van der Waals surface area (Å²) in [5, 5.41) is 12.4. The van der Waals surface area contributed by atoms with Crippen LogP contribution in [-0.4, -0.2) is 0 Å². The van der Waals surface area contributed by atoms with Crippen LogP contribution >= 0.6 is 0 Å². The van der Waals surface area contributed by atoms with Crippen LogP contribution < -0.4 is 9.80 Å². The van der Waals surface area contributed by atoms with Crippen LogP contribution in [0.1, 0.15) is 49.9 Å². The van der Waals surface area contributed by atoms with Gasteiger partial charge in [0, 0.05) is 55.1 Å². The van der Waals surface area contributed by atoms with Crippen LogP contribution in [0.3, 0.4) is 0 Å². The molecule has 14 aromatic rings. The second-order valence-corrected chi connectivity index (χ2v) is 23.5. The summed E-state index contributed by atoms with van der Waals surface area (Å²) in [5.41, 5.74) is 22.3. The molecule has 0 saturated carbocycles. The molecule has 82 heavy (non-hydrogen) atoms. The minimum absolute atomic E-state index is 0.328. The van der Waals surface area contributed by atoms with Gasteiger partial charge in [-0.2, -0.15) is 0 Å². The average Bonchev–Trinajstić information content (AvgIpc) is 2.43. The fraction of sp³-hybridized carbons (Fsp3) is 0.0750. The molecule has 2 aliphatic rings. The molecule has 2 aliphatic carbocycles. The van der Waals surface area contributed by atoms with E-state index in [9.17, 15) is 0 Å². The van der Waals surface area contributed by atoms with Gasteiger partial charge in [0.1, 0.15) is 0 Å². The maximum absolute atomic E-state index is 2.56. The molecular formula is C80H58N2. The molecule has 14 aromatic carbocycles. The molecule has 16 rings (SSSR count). The molecule has 0 bridgehead atoms. The molecule has 0 N–H and O–H groups in total. The third-order valence-corrected chi connectivity index (χ3v) is 18.3. The number of nitrogens with zero attached hydrogens (tertiary/aromatic N) is 2. The van der Waals surface area contributed by atoms with Crippen LogP contribution in [0.15, 0.2) is 279 Å². The molecule has 0 spiro atoms. The third kappa shape index (κ3) is 6.94. The van der Waals surface area contributed by atoms with Gasteiger partial charge in [0.2, 0.25) is 0 Å². The number of benzene rings is 14. The maximum Gasteiger partial charge on any atom is 0.0618 e. The van der Waals surface area contributed by atoms with Crippen LogP contribution in [0.2, 0.25) is 0 Å². The second kappa shape index (κ2) is 18.3. The highest BCUT2D eigenvalue weighted by Gasteiger charge is 2.47. The molecule has 0 fully saturated rings. The Balaban J connectivity index is 0.877. The third-order valence-electron chi connectivity index (χ3n) is 18.3. The molecule has 2 nitrogen and oxygen atoms in total. The van der Waals surface area contributed by atoms with Crippen LogP contribution in [0.5, 0.6) is 0 Å². The Hall–Kier alpha value is -10.0. The van der Waals surface area contributed by atoms with Crippen LogP contribution in [0, 0.1) is 0 Å². The first kappa shape index (κ1) is 47.9. The van der Waals surface area contributed by atoms with Gasteiger partial charge in [0.05, 0.1) is 11.4 Å². The van der Waals surface area contributed by atoms with E-state index in [-0.39, 0.29) is 10.8 Å². The van der Waals surface area contributed by atoms with Crippen LogP contribution in [-0.2, 0) is 10.8 Å². The van der Waals surface area contributed by atoms with Gasteiger partial charge in [-0.05, 0) is 160 Å². The summed E-state index contributed by atoms with van der Waals surface area (Å²) in [6.07, 6.45) is 0. The van der Waals surface area contributed by atoms with Crippen molar-refractivity contribution in [2.75, 3.05) is 9.80 Å². The Labute approximate surface area is 479 Å². The lowest BCUT2D eigenvalue weighted by atomic mass is 9.71. The topological polar surface area (TPSA) is 6.48 Å². The Morgan fingerprint density at radius 2 is 0.463 bits per heavy atom. The van der Waals surface area contributed by atoms with E-state index in [0.29, 0.717) is 0 Å². The van der Waals surface area contributed by atoms with Gasteiger partial charge in [-0.3, -0.25) is 0 Å². The molecule has 2 heteroatoms. The smallest absolute Gasteiger partial charge is 0.0618 e. The molecular weight excluding hydrogens is 989 g/mol. The van der Waals surface area contributed by atoms with Gasteiger partial charge in [0.25, 0.3) is 0 Å². The fourth-order valence-electron chi connectivity index (χ4n) is 14.8. The van der Waals surface area contributed by atoms with Gasteiger partial charge in [-0.15, -0.1) is 0 Å². The van der Waals surface area contributed by atoms with E-state index in [1.807, 2.05) is 0 Å². The van der Waals surface area contributed by atoms with E-state index in [0.717, 1.165) is 22.7 Å². The first-order valence-corrected chi connectivity index (χ1v) is 28.8. The first-order valence-electron chi connectivity index (χ1n) is 28.8. The maximum atomic E-state index is 2.56. The highest BCUT2D eigenvalue weighted by Crippen LogP contribution is 2.63. The second-order valence-electron chi connectivity index (χ2n) is 23.5. The standard InChI is InChI=1S/C80H58N2/c1-79(2)69-49-51(71-59-37-19-23-41-63(59)77(64-42-24-20-38-60(64)71)81(53-27-9-5-10-28-53)54-29-11-6-12-30-54)45-47-67(69)73-57-35-17-18-36-58(57)74-68-48-46-52(50-70(68)80(3,4)76(74)75(73)79)72-61-39-21-25-43-65(61)78(66-44-26-22-40-62(66)72)82(55-31-13-7-14-32-55)56-33-15-8-16-34-56/h5-50H,1-4H3. The molecule has 0 unspecified atom stereocenters. The van der Waals surface area contributed by atoms with E-state index in [1.54, 1.807) is 0 Å². The largest absolute Gasteiger partial charge is 0.309 e. The lowest BCUT2D eigenvalue weighted by molar-refractivity contribution is 0.602. The summed E-state index contributed by atoms with van der Waals surface area (Å²) in [6, 6.07) is 104. The van der Waals surface area contributed by atoms with Crippen molar-refractivity contribution in [2.45, 2.75) is 38.5 Å². The van der Waals surface area contributed by atoms with Gasteiger partial charge < -0.3 is 9.80 Å². The normalized spacial score (nSPS) is 13.6. The number of rotatable bonds is 8. The van der Waals surface area contributed by atoms with E-state index in [4.69, 9.17) is 0 Å². The summed E-state index contributed by atoms with van der Waals surface area (Å²) >= 11 is 0. The summed E-state index contributed by atoms with van der Waals surface area (Å²) in [4.78, 5) is 4.88. The summed E-state index contributed by atoms with van der Waals surface area (Å²) < 4.78 is 0. The van der Waals surface area contributed by atoms with Gasteiger partial charge in [-0.25, -0.2) is 0 Å². The van der Waals surface area contributed by atoms with E-state index >= 15 is 0 Å². The van der Waals surface area contributed by atoms with E-state index in [2.05, 4.69) is 317 Å². The van der Waals surface area contributed by atoms with Gasteiger partial charge >= 0.3 is 0 Å². The summed E-state index contributed by atoms with van der Waals surface area (Å²) in [6.45, 7) is 9.97. The number of hydrogen-bond donors (Lipinski definition) is 0. The summed E-state index contributed by atoms with van der Waals surface area (Å²) in [5.74, 6) is 0. The highest BCUT2D eigenvalue weighted by molar-refractivity contribution is 6.24. The monoisotopic (exact) mass is 1050 g/mol. The van der Waals surface area contributed by atoms with Crippen molar-refractivity contribution in [3.63, 3.8) is 0 Å². The zero-order valence-electron chi connectivity index (χ0n) is 46.5. The van der Waals surface area contributed by atoms with Crippen molar-refractivity contribution < 1.29 is 0 Å². The zero-order chi connectivity index (χ0) is 54.8. The molecule has 388 valence electrons. The lowest BCUT2D eigenvalue weighted by Gasteiger charge is -2.32. The van der Waals surface area contributed by atoms with Crippen molar-refractivity contribution in [1.82, 2.24) is 0 Å². The Bertz CT molecular complexity index is 4400. The quantitative estimate of drug-likeness (QED) is 0.140. The SMILES string of the molecule is CC1(C)c2cc(-c3c4ccccc4c(N(c4ccccc4)c4ccccc4)c4ccccc34)ccc2-c2c1c1c(c3ccccc23)-c2ccc(-c3c4ccccc4c(N(c4ccccc4)c4ccccc4)c4ccccc34)cc2C1(C)C. The number of anilines is 6. The van der Waals surface area contributed by atoms with Crippen molar-refractivity contribution in [2.24, 2.45) is 0 Å². The molecule has 0 amide bonds. The average molecular weight is 1050 g/mol. The lowest BCUT2D eigenvalue weighted by Crippen LogP contribution is -2.24. The zero-order valence-corrected chi connectivity index (χ0v) is 46.5. The van der Waals surface area contributed by atoms with Crippen molar-refractivity contribution in [1.29, 1.82) is 0 Å². The van der Waals surface area contributed by atoms with Crippen molar-refractivity contribution in [3.05, 3.63) is 301 Å². The molecule has 0 aromatic heterocycles. The molecule has 0 atom stereocenters. The predicted molar refractivity (Wildman–Crippen MR) is 349 cm³/mol. The molecule has 0 aliphatic heterocycles. The summed E-state index contributed by atoms with van der Waals surface area (Å²) in [7, 11) is 0. The van der Waals surface area contributed by atoms with Crippen LogP contribution in [0.25, 0.3) is 98.4 Å². The predicted octanol–water partition coefficient (Wildman–Crippen LogP) is 22.3. The number of fused-ring (bicyclic) bond motifs is 14. The Kier molecular flexibility index (Phi) is 10.7. The number of para-hydroxylation sites is 4. The Morgan fingerprint density at radius 1 is 0.232 bits per heavy atom. The van der Waals surface area contributed by atoms with E-state index < -0.39 is 0 Å².